The number of nitrogens with zero attached hydrogens (tertiary/aromatic N) is 3. The van der Waals surface area contributed by atoms with Crippen molar-refractivity contribution in [2.45, 2.75) is 6.92 Å². The van der Waals surface area contributed by atoms with Gasteiger partial charge in [-0.25, -0.2) is 4.79 Å². The second kappa shape index (κ2) is 8.58. The topological polar surface area (TPSA) is 100 Å². The smallest absolute Gasteiger partial charge is 0.321 e. The van der Waals surface area contributed by atoms with Crippen LogP contribution in [-0.2, 0) is 0 Å². The third-order valence-corrected chi connectivity index (χ3v) is 5.41. The molecule has 3 amide bonds. The minimum Gasteiger partial charge on any atom is -0.416 e. The first-order valence-corrected chi connectivity index (χ1v) is 10.5. The number of amides is 3. The maximum atomic E-state index is 12.6. The van der Waals surface area contributed by atoms with Gasteiger partial charge in [0.2, 0.25) is 11.8 Å². The van der Waals surface area contributed by atoms with Crippen molar-refractivity contribution in [2.75, 3.05) is 23.3 Å². The Bertz CT molecular complexity index is 1300. The summed E-state index contributed by atoms with van der Waals surface area (Å²) >= 11 is 0. The molecule has 0 spiro atoms. The van der Waals surface area contributed by atoms with E-state index >= 15 is 0 Å². The first kappa shape index (κ1) is 20.4. The van der Waals surface area contributed by atoms with Crippen molar-refractivity contribution < 1.29 is 14.0 Å². The van der Waals surface area contributed by atoms with Crippen LogP contribution in [0.3, 0.4) is 0 Å². The van der Waals surface area contributed by atoms with Crippen molar-refractivity contribution in [1.82, 2.24) is 15.5 Å². The third kappa shape index (κ3) is 4.31. The molecule has 1 aliphatic rings. The van der Waals surface area contributed by atoms with Gasteiger partial charge in [-0.15, -0.1) is 10.2 Å². The van der Waals surface area contributed by atoms with Crippen molar-refractivity contribution in [3.63, 3.8) is 0 Å². The summed E-state index contributed by atoms with van der Waals surface area (Å²) in [5.74, 6) is 0.597. The van der Waals surface area contributed by atoms with E-state index in [2.05, 4.69) is 20.8 Å². The zero-order valence-electron chi connectivity index (χ0n) is 17.9. The lowest BCUT2D eigenvalue weighted by Crippen LogP contribution is -2.27. The highest BCUT2D eigenvalue weighted by molar-refractivity contribution is 6.04. The molecule has 1 aromatic heterocycles. The molecule has 4 aromatic rings. The molecular formula is C25H21N5O3. The van der Waals surface area contributed by atoms with Gasteiger partial charge in [-0.3, -0.25) is 9.69 Å². The Morgan fingerprint density at radius 2 is 1.52 bits per heavy atom. The second-order valence-corrected chi connectivity index (χ2v) is 7.74. The van der Waals surface area contributed by atoms with E-state index in [1.807, 2.05) is 43.3 Å². The molecule has 2 N–H and O–H groups in total. The van der Waals surface area contributed by atoms with Crippen molar-refractivity contribution in [2.24, 2.45) is 0 Å². The predicted octanol–water partition coefficient (Wildman–Crippen LogP) is 4.49. The Morgan fingerprint density at radius 3 is 2.09 bits per heavy atom. The highest BCUT2D eigenvalue weighted by Crippen LogP contribution is 2.25. The molecule has 8 nitrogen and oxygen atoms in total. The molecule has 0 radical (unpaired) electrons. The van der Waals surface area contributed by atoms with Crippen LogP contribution in [0, 0.1) is 6.92 Å². The van der Waals surface area contributed by atoms with Crippen molar-refractivity contribution >= 4 is 23.3 Å². The molecule has 164 valence electrons. The van der Waals surface area contributed by atoms with Gasteiger partial charge in [0.15, 0.2) is 0 Å². The van der Waals surface area contributed by atoms with Gasteiger partial charge < -0.3 is 15.1 Å². The van der Waals surface area contributed by atoms with Crippen LogP contribution < -0.4 is 15.5 Å². The number of hydrogen-bond donors (Lipinski definition) is 2. The molecule has 0 atom stereocenters. The lowest BCUT2D eigenvalue weighted by molar-refractivity contribution is 0.102. The van der Waals surface area contributed by atoms with Crippen molar-refractivity contribution in [3.8, 4) is 22.9 Å². The molecule has 1 saturated heterocycles. The van der Waals surface area contributed by atoms with Crippen LogP contribution in [0.2, 0.25) is 0 Å². The molecule has 33 heavy (non-hydrogen) atoms. The number of hydrogen-bond acceptors (Lipinski definition) is 5. The monoisotopic (exact) mass is 439 g/mol. The number of anilines is 2. The maximum absolute atomic E-state index is 12.6. The predicted molar refractivity (Wildman–Crippen MR) is 125 cm³/mol. The maximum Gasteiger partial charge on any atom is 0.321 e. The number of carbonyl (C=O) groups is 2. The van der Waals surface area contributed by atoms with Crippen molar-refractivity contribution in [3.05, 3.63) is 83.9 Å². The zero-order chi connectivity index (χ0) is 22.8. The van der Waals surface area contributed by atoms with Gasteiger partial charge in [-0.1, -0.05) is 17.7 Å². The fourth-order valence-electron chi connectivity index (χ4n) is 3.56. The molecule has 0 aliphatic carbocycles. The fourth-order valence-corrected chi connectivity index (χ4v) is 3.56. The fraction of sp³-hybridized carbons (Fsp3) is 0.120. The minimum absolute atomic E-state index is 0.112. The van der Waals surface area contributed by atoms with Crippen LogP contribution >= 0.6 is 0 Å². The van der Waals surface area contributed by atoms with E-state index in [1.165, 1.54) is 0 Å². The second-order valence-electron chi connectivity index (χ2n) is 7.74. The standard InChI is InChI=1S/C25H21N5O3/c1-16-2-4-18(5-3-16)23-28-29-24(33-23)19-8-6-17(7-9-19)22(31)27-20-10-12-21(13-11-20)30-15-14-26-25(30)32/h2-13H,14-15H2,1H3,(H,26,32)(H,27,31). The Hall–Kier alpha value is -4.46. The Labute approximate surface area is 190 Å². The number of aromatic nitrogens is 2. The van der Waals surface area contributed by atoms with Gasteiger partial charge in [0.1, 0.15) is 0 Å². The normalized spacial score (nSPS) is 13.1. The highest BCUT2D eigenvalue weighted by Gasteiger charge is 2.21. The van der Waals surface area contributed by atoms with Crippen LogP contribution in [-0.4, -0.2) is 35.2 Å². The molecule has 2 heterocycles. The Balaban J connectivity index is 1.25. The molecule has 1 aliphatic heterocycles. The number of aryl methyl sites for hydroxylation is 1. The van der Waals surface area contributed by atoms with Gasteiger partial charge in [0.05, 0.1) is 0 Å². The van der Waals surface area contributed by atoms with Gasteiger partial charge in [0.25, 0.3) is 5.91 Å². The van der Waals surface area contributed by atoms with Gasteiger partial charge >= 0.3 is 6.03 Å². The number of urea groups is 1. The summed E-state index contributed by atoms with van der Waals surface area (Å²) in [5.41, 5.74) is 4.67. The molecule has 0 saturated carbocycles. The Morgan fingerprint density at radius 1 is 0.909 bits per heavy atom. The molecular weight excluding hydrogens is 418 g/mol. The van der Waals surface area contributed by atoms with Gasteiger partial charge in [-0.05, 0) is 67.6 Å². The molecule has 0 unspecified atom stereocenters. The summed E-state index contributed by atoms with van der Waals surface area (Å²) in [6, 6.07) is 21.9. The third-order valence-electron chi connectivity index (χ3n) is 5.41. The molecule has 1 fully saturated rings. The number of nitrogens with one attached hydrogen (secondary N) is 2. The van der Waals surface area contributed by atoms with Crippen molar-refractivity contribution in [1.29, 1.82) is 0 Å². The minimum atomic E-state index is -0.237. The average molecular weight is 439 g/mol. The SMILES string of the molecule is Cc1ccc(-c2nnc(-c3ccc(C(=O)Nc4ccc(N5CCNC5=O)cc4)cc3)o2)cc1. The van der Waals surface area contributed by atoms with E-state index in [0.29, 0.717) is 36.1 Å². The number of benzene rings is 3. The lowest BCUT2D eigenvalue weighted by Gasteiger charge is -2.14. The van der Waals surface area contributed by atoms with Gasteiger partial charge in [-0.2, -0.15) is 0 Å². The zero-order valence-corrected chi connectivity index (χ0v) is 17.9. The summed E-state index contributed by atoms with van der Waals surface area (Å²) in [6.45, 7) is 3.28. The molecule has 0 bridgehead atoms. The number of rotatable bonds is 5. The quantitative estimate of drug-likeness (QED) is 0.477. The van der Waals surface area contributed by atoms with Crippen LogP contribution in [0.25, 0.3) is 22.9 Å². The Kier molecular flexibility index (Phi) is 5.32. The molecule has 3 aromatic carbocycles. The molecule has 8 heteroatoms. The van der Waals surface area contributed by atoms with E-state index < -0.39 is 0 Å². The van der Waals surface area contributed by atoms with Crippen LogP contribution in [0.15, 0.2) is 77.2 Å². The van der Waals surface area contributed by atoms with Crippen LogP contribution in [0.5, 0.6) is 0 Å². The van der Waals surface area contributed by atoms with E-state index in [9.17, 15) is 9.59 Å². The highest BCUT2D eigenvalue weighted by atomic mass is 16.4. The molecule has 5 rings (SSSR count). The summed E-state index contributed by atoms with van der Waals surface area (Å²) in [6.07, 6.45) is 0. The summed E-state index contributed by atoms with van der Waals surface area (Å²) in [5, 5.41) is 13.9. The van der Waals surface area contributed by atoms with Gasteiger partial charge in [0, 0.05) is 41.2 Å². The van der Waals surface area contributed by atoms with E-state index in [1.54, 1.807) is 41.3 Å². The van der Waals surface area contributed by atoms with E-state index in [0.717, 1.165) is 22.4 Å². The van der Waals surface area contributed by atoms with Crippen LogP contribution in [0.1, 0.15) is 15.9 Å². The van der Waals surface area contributed by atoms with Crippen LogP contribution in [0.4, 0.5) is 16.2 Å². The largest absolute Gasteiger partial charge is 0.416 e. The lowest BCUT2D eigenvalue weighted by atomic mass is 10.1. The summed E-state index contributed by atoms with van der Waals surface area (Å²) < 4.78 is 5.80. The first-order valence-electron chi connectivity index (χ1n) is 10.5. The van der Waals surface area contributed by atoms with E-state index in [-0.39, 0.29) is 11.9 Å². The summed E-state index contributed by atoms with van der Waals surface area (Å²) in [7, 11) is 0. The average Bonchev–Trinajstić information content (AvgIpc) is 3.50. The first-order chi connectivity index (χ1) is 16.1. The summed E-state index contributed by atoms with van der Waals surface area (Å²) in [4.78, 5) is 26.1. The number of carbonyl (C=O) groups excluding carboxylic acids is 2. The van der Waals surface area contributed by atoms with E-state index in [4.69, 9.17) is 4.42 Å².